The zero-order valence-electron chi connectivity index (χ0n) is 17.1. The number of carbonyl (C=O) groups is 1. The number of allylic oxidation sites excluding steroid dienone is 2. The van der Waals surface area contributed by atoms with Crippen molar-refractivity contribution in [1.82, 2.24) is 0 Å². The largest absolute Gasteiger partial charge is 0.508 e. The predicted octanol–water partition coefficient (Wildman–Crippen LogP) is 7.20. The van der Waals surface area contributed by atoms with Crippen LogP contribution in [0.25, 0.3) is 0 Å². The smallest absolute Gasteiger partial charge is 0.338 e. The van der Waals surface area contributed by atoms with E-state index in [-0.39, 0.29) is 11.7 Å². The van der Waals surface area contributed by atoms with E-state index in [1.807, 2.05) is 0 Å². The molecule has 0 unspecified atom stereocenters. The second kappa shape index (κ2) is 16.4. The van der Waals surface area contributed by atoms with Crippen LogP contribution in [0.4, 0.5) is 0 Å². The average molecular weight is 375 g/mol. The van der Waals surface area contributed by atoms with Crippen molar-refractivity contribution >= 4 is 5.97 Å². The lowest BCUT2D eigenvalue weighted by atomic mass is 10.1. The van der Waals surface area contributed by atoms with Crippen LogP contribution < -0.4 is 0 Å². The van der Waals surface area contributed by atoms with E-state index in [0.717, 1.165) is 25.7 Å². The zero-order valence-corrected chi connectivity index (χ0v) is 17.1. The molecule has 0 saturated carbocycles. The monoisotopic (exact) mass is 374 g/mol. The maximum atomic E-state index is 11.8. The lowest BCUT2D eigenvalue weighted by molar-refractivity contribution is 0.0498. The van der Waals surface area contributed by atoms with Gasteiger partial charge in [0.2, 0.25) is 0 Å². The fourth-order valence-corrected chi connectivity index (χ4v) is 3.02. The SMILES string of the molecule is CCCCCCCCCC/C=C/CCCCCOC(=O)c1ccc(O)cc1. The van der Waals surface area contributed by atoms with Crippen molar-refractivity contribution in [1.29, 1.82) is 0 Å². The van der Waals surface area contributed by atoms with Crippen LogP contribution in [0, 0.1) is 0 Å². The molecule has 0 aliphatic heterocycles. The molecule has 0 aromatic heterocycles. The van der Waals surface area contributed by atoms with Crippen LogP contribution in [-0.2, 0) is 4.74 Å². The van der Waals surface area contributed by atoms with Crippen LogP contribution in [0.3, 0.4) is 0 Å². The number of phenols is 1. The first-order valence-corrected chi connectivity index (χ1v) is 10.8. The highest BCUT2D eigenvalue weighted by Gasteiger charge is 2.06. The molecule has 0 saturated heterocycles. The Balaban J connectivity index is 1.86. The molecule has 1 aromatic rings. The van der Waals surface area contributed by atoms with Gasteiger partial charge in [0.15, 0.2) is 0 Å². The Labute approximate surface area is 165 Å². The molecule has 0 spiro atoms. The van der Waals surface area contributed by atoms with E-state index in [2.05, 4.69) is 19.1 Å². The van der Waals surface area contributed by atoms with Crippen molar-refractivity contribution < 1.29 is 14.6 Å². The van der Waals surface area contributed by atoms with Crippen molar-refractivity contribution in [3.8, 4) is 5.75 Å². The topological polar surface area (TPSA) is 46.5 Å². The van der Waals surface area contributed by atoms with Crippen molar-refractivity contribution in [3.63, 3.8) is 0 Å². The van der Waals surface area contributed by atoms with E-state index in [9.17, 15) is 9.90 Å². The van der Waals surface area contributed by atoms with Crippen LogP contribution in [-0.4, -0.2) is 17.7 Å². The molecule has 27 heavy (non-hydrogen) atoms. The van der Waals surface area contributed by atoms with Crippen molar-refractivity contribution in [3.05, 3.63) is 42.0 Å². The highest BCUT2D eigenvalue weighted by atomic mass is 16.5. The van der Waals surface area contributed by atoms with Gasteiger partial charge in [0.25, 0.3) is 0 Å². The molecule has 0 bridgehead atoms. The highest BCUT2D eigenvalue weighted by Crippen LogP contribution is 2.12. The Morgan fingerprint density at radius 3 is 1.93 bits per heavy atom. The number of esters is 1. The Morgan fingerprint density at radius 2 is 1.33 bits per heavy atom. The number of unbranched alkanes of at least 4 members (excludes halogenated alkanes) is 11. The third kappa shape index (κ3) is 13.1. The van der Waals surface area contributed by atoms with Gasteiger partial charge in [-0.15, -0.1) is 0 Å². The van der Waals surface area contributed by atoms with E-state index in [1.54, 1.807) is 12.1 Å². The molecule has 0 aliphatic rings. The highest BCUT2D eigenvalue weighted by molar-refractivity contribution is 5.89. The first-order valence-electron chi connectivity index (χ1n) is 10.8. The number of benzene rings is 1. The summed E-state index contributed by atoms with van der Waals surface area (Å²) in [6, 6.07) is 6.15. The molecule has 1 aromatic carbocycles. The van der Waals surface area contributed by atoms with Crippen LogP contribution in [0.5, 0.6) is 5.75 Å². The Kier molecular flexibility index (Phi) is 14.1. The summed E-state index contributed by atoms with van der Waals surface area (Å²) >= 11 is 0. The standard InChI is InChI=1S/C24H38O3/c1-2-3-4-5-6-7-8-9-10-11-12-13-14-15-16-21-27-24(26)22-17-19-23(25)20-18-22/h11-12,17-20,25H,2-10,13-16,21H2,1H3/b12-11+. The van der Waals surface area contributed by atoms with Crippen LogP contribution in [0.1, 0.15) is 101 Å². The third-order valence-electron chi connectivity index (χ3n) is 4.74. The lowest BCUT2D eigenvalue weighted by Crippen LogP contribution is -2.06. The first-order chi connectivity index (χ1) is 13.2. The minimum Gasteiger partial charge on any atom is -0.508 e. The Morgan fingerprint density at radius 1 is 0.815 bits per heavy atom. The van der Waals surface area contributed by atoms with E-state index in [0.29, 0.717) is 12.2 Å². The summed E-state index contributed by atoms with van der Waals surface area (Å²) in [5, 5.41) is 9.21. The Hall–Kier alpha value is -1.77. The van der Waals surface area contributed by atoms with Gasteiger partial charge in [-0.05, 0) is 62.8 Å². The minimum atomic E-state index is -0.319. The fraction of sp³-hybridized carbons (Fsp3) is 0.625. The maximum Gasteiger partial charge on any atom is 0.338 e. The molecular formula is C24H38O3. The van der Waals surface area contributed by atoms with Gasteiger partial charge >= 0.3 is 5.97 Å². The summed E-state index contributed by atoms with van der Waals surface area (Å²) < 4.78 is 5.24. The van der Waals surface area contributed by atoms with E-state index >= 15 is 0 Å². The molecular weight excluding hydrogens is 336 g/mol. The summed E-state index contributed by atoms with van der Waals surface area (Å²) in [6.45, 7) is 2.72. The van der Waals surface area contributed by atoms with Crippen LogP contribution in [0.2, 0.25) is 0 Å². The van der Waals surface area contributed by atoms with Gasteiger partial charge in [-0.1, -0.05) is 64.0 Å². The second-order valence-corrected chi connectivity index (χ2v) is 7.27. The number of hydrogen-bond donors (Lipinski definition) is 1. The van der Waals surface area contributed by atoms with Crippen LogP contribution >= 0.6 is 0 Å². The zero-order chi connectivity index (χ0) is 19.6. The number of carbonyl (C=O) groups excluding carboxylic acids is 1. The number of aromatic hydroxyl groups is 1. The maximum absolute atomic E-state index is 11.8. The predicted molar refractivity (Wildman–Crippen MR) is 113 cm³/mol. The van der Waals surface area contributed by atoms with E-state index in [4.69, 9.17) is 4.74 Å². The van der Waals surface area contributed by atoms with Gasteiger partial charge in [0, 0.05) is 0 Å². The van der Waals surface area contributed by atoms with Crippen LogP contribution in [0.15, 0.2) is 36.4 Å². The average Bonchev–Trinajstić information content (AvgIpc) is 2.68. The number of rotatable bonds is 16. The summed E-state index contributed by atoms with van der Waals surface area (Å²) in [4.78, 5) is 11.8. The number of ether oxygens (including phenoxy) is 1. The molecule has 0 aliphatic carbocycles. The molecule has 152 valence electrons. The first kappa shape index (κ1) is 23.3. The van der Waals surface area contributed by atoms with E-state index in [1.165, 1.54) is 69.9 Å². The molecule has 3 heteroatoms. The van der Waals surface area contributed by atoms with Gasteiger partial charge in [-0.2, -0.15) is 0 Å². The second-order valence-electron chi connectivity index (χ2n) is 7.27. The molecule has 0 fully saturated rings. The van der Waals surface area contributed by atoms with Gasteiger partial charge in [-0.25, -0.2) is 4.79 Å². The summed E-state index contributed by atoms with van der Waals surface area (Å²) in [5.41, 5.74) is 0.483. The third-order valence-corrected chi connectivity index (χ3v) is 4.74. The summed E-state index contributed by atoms with van der Waals surface area (Å²) in [6.07, 6.45) is 21.1. The van der Waals surface area contributed by atoms with Gasteiger partial charge in [0.1, 0.15) is 5.75 Å². The lowest BCUT2D eigenvalue weighted by Gasteiger charge is -2.04. The molecule has 1 rings (SSSR count). The number of hydrogen-bond acceptors (Lipinski definition) is 3. The number of phenolic OH excluding ortho intramolecular Hbond substituents is 1. The van der Waals surface area contributed by atoms with Crippen molar-refractivity contribution in [2.24, 2.45) is 0 Å². The van der Waals surface area contributed by atoms with Crippen molar-refractivity contribution in [2.75, 3.05) is 6.61 Å². The normalized spacial score (nSPS) is 11.1. The van der Waals surface area contributed by atoms with E-state index < -0.39 is 0 Å². The van der Waals surface area contributed by atoms with Crippen molar-refractivity contribution in [2.45, 2.75) is 90.4 Å². The molecule has 0 atom stereocenters. The minimum absolute atomic E-state index is 0.155. The summed E-state index contributed by atoms with van der Waals surface area (Å²) in [5.74, 6) is -0.165. The van der Waals surface area contributed by atoms with Gasteiger partial charge in [0.05, 0.1) is 12.2 Å². The fourth-order valence-electron chi connectivity index (χ4n) is 3.02. The Bertz CT molecular complexity index is 505. The molecule has 1 N–H and O–H groups in total. The quantitative estimate of drug-likeness (QED) is 0.189. The van der Waals surface area contributed by atoms with Gasteiger partial charge < -0.3 is 9.84 Å². The van der Waals surface area contributed by atoms with Gasteiger partial charge in [-0.3, -0.25) is 0 Å². The molecule has 0 heterocycles. The molecule has 0 amide bonds. The molecule has 3 nitrogen and oxygen atoms in total. The summed E-state index contributed by atoms with van der Waals surface area (Å²) in [7, 11) is 0. The molecule has 0 radical (unpaired) electrons.